The zero-order chi connectivity index (χ0) is 16.0. The van der Waals surface area contributed by atoms with Gasteiger partial charge in [-0.05, 0) is 12.3 Å². The summed E-state index contributed by atoms with van der Waals surface area (Å²) < 4.78 is 4.95. The Morgan fingerprint density at radius 1 is 1.05 bits per heavy atom. The first-order chi connectivity index (χ1) is 9.33. The minimum atomic E-state index is -1.08. The molecule has 0 saturated carbocycles. The fourth-order valence-electron chi connectivity index (χ4n) is 1.35. The van der Waals surface area contributed by atoms with Crippen molar-refractivity contribution in [2.45, 2.75) is 59.3 Å². The fraction of sp³-hybridized carbons (Fsp3) is 0.786. The van der Waals surface area contributed by atoms with E-state index in [0.717, 1.165) is 6.42 Å². The van der Waals surface area contributed by atoms with Gasteiger partial charge in [0, 0.05) is 6.92 Å². The van der Waals surface area contributed by atoms with Crippen molar-refractivity contribution in [3.05, 3.63) is 0 Å². The van der Waals surface area contributed by atoms with Gasteiger partial charge in [0.2, 0.25) is 0 Å². The smallest absolute Gasteiger partial charge is 0.303 e. The minimum absolute atomic E-state index is 0.162. The Morgan fingerprint density at radius 3 is 1.85 bits per heavy atom. The topological polar surface area (TPSA) is 101 Å². The van der Waals surface area contributed by atoms with Crippen molar-refractivity contribution in [3.8, 4) is 0 Å². The molecule has 0 saturated heterocycles. The normalized spacial score (nSPS) is 10.9. The lowest BCUT2D eigenvalue weighted by molar-refractivity contribution is -0.143. The van der Waals surface area contributed by atoms with Crippen molar-refractivity contribution in [1.29, 1.82) is 0 Å². The van der Waals surface area contributed by atoms with Gasteiger partial charge in [-0.15, -0.1) is 0 Å². The molecule has 20 heavy (non-hydrogen) atoms. The summed E-state index contributed by atoms with van der Waals surface area (Å²) in [6.45, 7) is 6.39. The lowest BCUT2D eigenvalue weighted by Gasteiger charge is -2.13. The number of esters is 1. The number of aliphatic carboxylic acids is 2. The molecular weight excluding hydrogens is 264 g/mol. The molecule has 118 valence electrons. The summed E-state index contributed by atoms with van der Waals surface area (Å²) in [6, 6.07) is 0. The van der Waals surface area contributed by atoms with Crippen LogP contribution < -0.4 is 0 Å². The van der Waals surface area contributed by atoms with Gasteiger partial charge in [0.25, 0.3) is 0 Å². The zero-order valence-corrected chi connectivity index (χ0v) is 12.6. The second kappa shape index (κ2) is 13.8. The van der Waals surface area contributed by atoms with Gasteiger partial charge in [0.15, 0.2) is 0 Å². The number of hydrogen-bond donors (Lipinski definition) is 2. The second-order valence-corrected chi connectivity index (χ2v) is 4.51. The van der Waals surface area contributed by atoms with Crippen LogP contribution in [0.5, 0.6) is 0 Å². The predicted molar refractivity (Wildman–Crippen MR) is 74.4 cm³/mol. The summed E-state index contributed by atoms with van der Waals surface area (Å²) in [4.78, 5) is 29.8. The molecule has 0 aliphatic rings. The van der Waals surface area contributed by atoms with Crippen molar-refractivity contribution < 1.29 is 29.3 Å². The summed E-state index contributed by atoms with van der Waals surface area (Å²) in [6.07, 6.45) is 4.15. The van der Waals surface area contributed by atoms with Crippen LogP contribution in [0.4, 0.5) is 0 Å². The Hall–Kier alpha value is -1.59. The monoisotopic (exact) mass is 290 g/mol. The highest BCUT2D eigenvalue weighted by Crippen LogP contribution is 2.12. The maximum atomic E-state index is 10.5. The fourth-order valence-corrected chi connectivity index (χ4v) is 1.35. The SMILES string of the molecule is CCCCC(CC)COC(C)=O.O=C(O)CCC(=O)O. The van der Waals surface area contributed by atoms with Crippen LogP contribution in [0.15, 0.2) is 0 Å². The Kier molecular flexibility index (Phi) is 14.3. The van der Waals surface area contributed by atoms with Crippen molar-refractivity contribution in [3.63, 3.8) is 0 Å². The second-order valence-electron chi connectivity index (χ2n) is 4.51. The molecule has 0 bridgehead atoms. The maximum absolute atomic E-state index is 10.5. The molecule has 0 aliphatic heterocycles. The molecule has 0 fully saturated rings. The first-order valence-electron chi connectivity index (χ1n) is 6.90. The van der Waals surface area contributed by atoms with Crippen LogP contribution in [-0.4, -0.2) is 34.7 Å². The van der Waals surface area contributed by atoms with E-state index in [0.29, 0.717) is 12.5 Å². The number of rotatable bonds is 9. The third kappa shape index (κ3) is 18.8. The van der Waals surface area contributed by atoms with Gasteiger partial charge in [-0.1, -0.05) is 33.1 Å². The molecular formula is C14H26O6. The lowest BCUT2D eigenvalue weighted by Crippen LogP contribution is -2.11. The molecule has 6 heteroatoms. The Labute approximate surface area is 120 Å². The van der Waals surface area contributed by atoms with Gasteiger partial charge in [-0.25, -0.2) is 0 Å². The number of carboxylic acid groups (broad SMARTS) is 2. The number of ether oxygens (including phenoxy) is 1. The molecule has 0 aromatic heterocycles. The van der Waals surface area contributed by atoms with Gasteiger partial charge in [-0.2, -0.15) is 0 Å². The van der Waals surface area contributed by atoms with E-state index >= 15 is 0 Å². The standard InChI is InChI=1S/C10H20O2.C4H6O4/c1-4-6-7-10(5-2)8-12-9(3)11;5-3(6)1-2-4(7)8/h10H,4-8H2,1-3H3;1-2H2,(H,5,6)(H,7,8). The average molecular weight is 290 g/mol. The van der Waals surface area contributed by atoms with E-state index in [-0.39, 0.29) is 18.8 Å². The first-order valence-corrected chi connectivity index (χ1v) is 6.90. The van der Waals surface area contributed by atoms with E-state index in [1.807, 2.05) is 0 Å². The van der Waals surface area contributed by atoms with E-state index in [1.54, 1.807) is 0 Å². The summed E-state index contributed by atoms with van der Waals surface area (Å²) in [5.41, 5.74) is 0. The Morgan fingerprint density at radius 2 is 1.55 bits per heavy atom. The molecule has 6 nitrogen and oxygen atoms in total. The highest BCUT2D eigenvalue weighted by Gasteiger charge is 2.06. The molecule has 0 aromatic rings. The van der Waals surface area contributed by atoms with Gasteiger partial charge in [-0.3, -0.25) is 14.4 Å². The van der Waals surface area contributed by atoms with E-state index < -0.39 is 11.9 Å². The number of carbonyl (C=O) groups excluding carboxylic acids is 1. The highest BCUT2D eigenvalue weighted by molar-refractivity contribution is 5.75. The van der Waals surface area contributed by atoms with Crippen LogP contribution in [0.1, 0.15) is 59.3 Å². The molecule has 0 aliphatic carbocycles. The molecule has 0 heterocycles. The summed E-state index contributed by atoms with van der Waals surface area (Å²) >= 11 is 0. The van der Waals surface area contributed by atoms with Crippen LogP contribution in [-0.2, 0) is 19.1 Å². The van der Waals surface area contributed by atoms with Gasteiger partial charge in [0.1, 0.15) is 0 Å². The quantitative estimate of drug-likeness (QED) is 0.633. The van der Waals surface area contributed by atoms with Crippen molar-refractivity contribution in [2.75, 3.05) is 6.61 Å². The van der Waals surface area contributed by atoms with Crippen LogP contribution in [0.3, 0.4) is 0 Å². The Balaban J connectivity index is 0. The summed E-state index contributed by atoms with van der Waals surface area (Å²) in [5, 5.41) is 15.8. The maximum Gasteiger partial charge on any atom is 0.303 e. The molecule has 1 atom stereocenters. The largest absolute Gasteiger partial charge is 0.481 e. The lowest BCUT2D eigenvalue weighted by atomic mass is 10.0. The van der Waals surface area contributed by atoms with Crippen molar-refractivity contribution in [2.24, 2.45) is 5.92 Å². The zero-order valence-electron chi connectivity index (χ0n) is 12.6. The summed E-state index contributed by atoms with van der Waals surface area (Å²) in [7, 11) is 0. The number of unbranched alkanes of at least 4 members (excludes halogenated alkanes) is 1. The first kappa shape index (κ1) is 20.7. The molecule has 1 unspecified atom stereocenters. The van der Waals surface area contributed by atoms with Gasteiger partial charge in [0.05, 0.1) is 19.4 Å². The van der Waals surface area contributed by atoms with Gasteiger partial charge < -0.3 is 14.9 Å². The van der Waals surface area contributed by atoms with E-state index in [9.17, 15) is 14.4 Å². The molecule has 0 rings (SSSR count). The van der Waals surface area contributed by atoms with E-state index in [2.05, 4.69) is 13.8 Å². The van der Waals surface area contributed by atoms with Crippen molar-refractivity contribution >= 4 is 17.9 Å². The predicted octanol–water partition coefficient (Wildman–Crippen LogP) is 2.70. The number of carboxylic acids is 2. The molecule has 2 N–H and O–H groups in total. The minimum Gasteiger partial charge on any atom is -0.481 e. The average Bonchev–Trinajstić information content (AvgIpc) is 2.37. The third-order valence-electron chi connectivity index (χ3n) is 2.62. The molecule has 0 spiro atoms. The van der Waals surface area contributed by atoms with Crippen LogP contribution in [0.25, 0.3) is 0 Å². The molecule has 0 aromatic carbocycles. The van der Waals surface area contributed by atoms with Crippen LogP contribution >= 0.6 is 0 Å². The molecule has 0 radical (unpaired) electrons. The van der Waals surface area contributed by atoms with Crippen LogP contribution in [0.2, 0.25) is 0 Å². The molecule has 0 amide bonds. The number of carbonyl (C=O) groups is 3. The van der Waals surface area contributed by atoms with E-state index in [1.165, 1.54) is 26.2 Å². The highest BCUT2D eigenvalue weighted by atomic mass is 16.5. The van der Waals surface area contributed by atoms with E-state index in [4.69, 9.17) is 14.9 Å². The Bertz CT molecular complexity index is 273. The summed E-state index contributed by atoms with van der Waals surface area (Å²) in [5.74, 6) is -1.75. The van der Waals surface area contributed by atoms with Crippen LogP contribution in [0, 0.1) is 5.92 Å². The van der Waals surface area contributed by atoms with Crippen molar-refractivity contribution in [1.82, 2.24) is 0 Å². The van der Waals surface area contributed by atoms with Gasteiger partial charge >= 0.3 is 17.9 Å². The third-order valence-corrected chi connectivity index (χ3v) is 2.62. The number of hydrogen-bond acceptors (Lipinski definition) is 4.